The maximum Gasteiger partial charge on any atom is 0.418 e. The summed E-state index contributed by atoms with van der Waals surface area (Å²) < 4.78 is 89.4. The zero-order valence-corrected chi connectivity index (χ0v) is 18.6. The Morgan fingerprint density at radius 3 is 2.25 bits per heavy atom. The standard InChI is InChI=1S/C22H16F6N6O2/c1-35-10-12-7-14(32-16-5-3-11(8-29-16)21(23,24)25)19-20(31-12)33-15(9-30-19)18-13(22(26,27)28)4-6-17(34-18)36-2/h3-9H,10H2,1-2H3,(H,29,31,32,33). The molecule has 0 saturated carbocycles. The third kappa shape index (κ3) is 5.27. The molecule has 0 aliphatic carbocycles. The van der Waals surface area contributed by atoms with Gasteiger partial charge in [0, 0.05) is 19.4 Å². The predicted octanol–water partition coefficient (Wildman–Crippen LogP) is 5.42. The van der Waals surface area contributed by atoms with E-state index >= 15 is 0 Å². The molecule has 0 saturated heterocycles. The van der Waals surface area contributed by atoms with Gasteiger partial charge in [-0.3, -0.25) is 0 Å². The SMILES string of the molecule is COCc1cc(Nc2ccc(C(F)(F)F)cn2)c2ncc(-c3nc(OC)ccc3C(F)(F)F)nc2n1. The van der Waals surface area contributed by atoms with E-state index in [9.17, 15) is 26.3 Å². The minimum Gasteiger partial charge on any atom is -0.481 e. The van der Waals surface area contributed by atoms with E-state index in [0.29, 0.717) is 11.9 Å². The van der Waals surface area contributed by atoms with E-state index in [1.54, 1.807) is 0 Å². The van der Waals surface area contributed by atoms with Crippen LogP contribution in [-0.4, -0.2) is 39.1 Å². The summed E-state index contributed by atoms with van der Waals surface area (Å²) in [4.78, 5) is 20.4. The Kier molecular flexibility index (Phi) is 6.63. The quantitative estimate of drug-likeness (QED) is 0.344. The third-order valence-electron chi connectivity index (χ3n) is 4.84. The van der Waals surface area contributed by atoms with Crippen LogP contribution in [0.15, 0.2) is 42.7 Å². The van der Waals surface area contributed by atoms with E-state index in [0.717, 1.165) is 30.5 Å². The van der Waals surface area contributed by atoms with Gasteiger partial charge in [-0.25, -0.2) is 24.9 Å². The fourth-order valence-corrected chi connectivity index (χ4v) is 3.23. The molecule has 0 aliphatic rings. The van der Waals surface area contributed by atoms with Gasteiger partial charge in [-0.1, -0.05) is 0 Å². The van der Waals surface area contributed by atoms with Crippen molar-refractivity contribution >= 4 is 22.7 Å². The van der Waals surface area contributed by atoms with E-state index in [2.05, 4.69) is 30.2 Å². The van der Waals surface area contributed by atoms with Gasteiger partial charge in [-0.2, -0.15) is 26.3 Å². The number of halogens is 6. The fraction of sp³-hybridized carbons (Fsp3) is 0.227. The maximum absolute atomic E-state index is 13.6. The first kappa shape index (κ1) is 25.0. The number of fused-ring (bicyclic) bond motifs is 1. The van der Waals surface area contributed by atoms with Crippen molar-refractivity contribution in [1.82, 2.24) is 24.9 Å². The topological polar surface area (TPSA) is 94.9 Å². The summed E-state index contributed by atoms with van der Waals surface area (Å²) in [5, 5.41) is 2.85. The van der Waals surface area contributed by atoms with E-state index in [1.165, 1.54) is 20.3 Å². The molecule has 0 bridgehead atoms. The van der Waals surface area contributed by atoms with E-state index < -0.39 is 29.2 Å². The van der Waals surface area contributed by atoms with Crippen LogP contribution in [0, 0.1) is 0 Å². The predicted molar refractivity (Wildman–Crippen MR) is 115 cm³/mol. The van der Waals surface area contributed by atoms with Gasteiger partial charge < -0.3 is 14.8 Å². The van der Waals surface area contributed by atoms with Crippen LogP contribution in [0.5, 0.6) is 5.88 Å². The number of pyridine rings is 3. The molecular formula is C22H16F6N6O2. The molecule has 14 heteroatoms. The van der Waals surface area contributed by atoms with Gasteiger partial charge in [0.05, 0.1) is 42.4 Å². The van der Waals surface area contributed by atoms with E-state index in [1.807, 2.05) is 0 Å². The molecule has 0 spiro atoms. The molecule has 8 nitrogen and oxygen atoms in total. The lowest BCUT2D eigenvalue weighted by molar-refractivity contribution is -0.138. The summed E-state index contributed by atoms with van der Waals surface area (Å²) in [5.41, 5.74) is -2.01. The smallest absolute Gasteiger partial charge is 0.418 e. The van der Waals surface area contributed by atoms with Gasteiger partial charge >= 0.3 is 12.4 Å². The van der Waals surface area contributed by atoms with Gasteiger partial charge in [-0.05, 0) is 24.3 Å². The second-order valence-electron chi connectivity index (χ2n) is 7.32. The number of ether oxygens (including phenoxy) is 2. The molecule has 0 atom stereocenters. The van der Waals surface area contributed by atoms with Gasteiger partial charge in [0.1, 0.15) is 22.7 Å². The Labute approximate surface area is 199 Å². The monoisotopic (exact) mass is 510 g/mol. The van der Waals surface area contributed by atoms with Gasteiger partial charge in [0.2, 0.25) is 5.88 Å². The largest absolute Gasteiger partial charge is 0.481 e. The molecule has 0 radical (unpaired) electrons. The van der Waals surface area contributed by atoms with Crippen LogP contribution < -0.4 is 10.1 Å². The average Bonchev–Trinajstić information content (AvgIpc) is 2.82. The number of hydrogen-bond donors (Lipinski definition) is 1. The molecule has 0 unspecified atom stereocenters. The second-order valence-corrected chi connectivity index (χ2v) is 7.32. The number of rotatable bonds is 6. The Morgan fingerprint density at radius 2 is 1.64 bits per heavy atom. The molecule has 1 N–H and O–H groups in total. The van der Waals surface area contributed by atoms with Crippen molar-refractivity contribution in [3.63, 3.8) is 0 Å². The summed E-state index contributed by atoms with van der Waals surface area (Å²) in [5.74, 6) is 0.00953. The van der Waals surface area contributed by atoms with Crippen LogP contribution in [0.4, 0.5) is 37.8 Å². The van der Waals surface area contributed by atoms with Crippen molar-refractivity contribution < 1.29 is 35.8 Å². The van der Waals surface area contributed by atoms with Crippen molar-refractivity contribution in [2.45, 2.75) is 19.0 Å². The highest BCUT2D eigenvalue weighted by Crippen LogP contribution is 2.37. The summed E-state index contributed by atoms with van der Waals surface area (Å²) in [6.07, 6.45) is -7.52. The lowest BCUT2D eigenvalue weighted by atomic mass is 10.1. The Bertz CT molecular complexity index is 1390. The number of alkyl halides is 6. The minimum atomic E-state index is -4.72. The summed E-state index contributed by atoms with van der Waals surface area (Å²) in [7, 11) is 2.67. The van der Waals surface area contributed by atoms with Crippen molar-refractivity contribution in [3.05, 3.63) is 59.5 Å². The van der Waals surface area contributed by atoms with Crippen LogP contribution in [0.25, 0.3) is 22.6 Å². The fourth-order valence-electron chi connectivity index (χ4n) is 3.23. The molecule has 0 amide bonds. The molecule has 4 aromatic heterocycles. The highest BCUT2D eigenvalue weighted by Gasteiger charge is 2.35. The molecule has 36 heavy (non-hydrogen) atoms. The Morgan fingerprint density at radius 1 is 0.861 bits per heavy atom. The Balaban J connectivity index is 1.81. The summed E-state index contributed by atoms with van der Waals surface area (Å²) >= 11 is 0. The zero-order valence-electron chi connectivity index (χ0n) is 18.6. The highest BCUT2D eigenvalue weighted by atomic mass is 19.4. The van der Waals surface area contributed by atoms with Gasteiger partial charge in [0.25, 0.3) is 0 Å². The van der Waals surface area contributed by atoms with Crippen LogP contribution in [0.3, 0.4) is 0 Å². The van der Waals surface area contributed by atoms with Crippen LogP contribution in [0.1, 0.15) is 16.8 Å². The first-order valence-electron chi connectivity index (χ1n) is 10.1. The second kappa shape index (κ2) is 9.53. The van der Waals surface area contributed by atoms with Crippen molar-refractivity contribution in [3.8, 4) is 17.3 Å². The van der Waals surface area contributed by atoms with E-state index in [-0.39, 0.29) is 40.8 Å². The molecule has 4 rings (SSSR count). The lowest BCUT2D eigenvalue weighted by Gasteiger charge is -2.14. The molecule has 188 valence electrons. The normalized spacial score (nSPS) is 12.1. The van der Waals surface area contributed by atoms with Crippen molar-refractivity contribution in [1.29, 1.82) is 0 Å². The highest BCUT2D eigenvalue weighted by molar-refractivity contribution is 5.88. The molecule has 4 heterocycles. The van der Waals surface area contributed by atoms with Gasteiger partial charge in [-0.15, -0.1) is 0 Å². The number of aromatic nitrogens is 5. The van der Waals surface area contributed by atoms with Crippen LogP contribution >= 0.6 is 0 Å². The van der Waals surface area contributed by atoms with Crippen LogP contribution in [0.2, 0.25) is 0 Å². The van der Waals surface area contributed by atoms with E-state index in [4.69, 9.17) is 9.47 Å². The first-order valence-corrected chi connectivity index (χ1v) is 10.1. The number of methoxy groups -OCH3 is 2. The first-order chi connectivity index (χ1) is 17.0. The van der Waals surface area contributed by atoms with Crippen LogP contribution in [-0.2, 0) is 23.7 Å². The number of nitrogens with zero attached hydrogens (tertiary/aromatic N) is 5. The number of nitrogens with one attached hydrogen (secondary N) is 1. The number of anilines is 2. The van der Waals surface area contributed by atoms with Gasteiger partial charge in [0.15, 0.2) is 5.65 Å². The zero-order chi connectivity index (χ0) is 26.1. The maximum atomic E-state index is 13.6. The lowest BCUT2D eigenvalue weighted by Crippen LogP contribution is -2.10. The molecule has 4 aromatic rings. The third-order valence-corrected chi connectivity index (χ3v) is 4.84. The van der Waals surface area contributed by atoms with Crippen molar-refractivity contribution in [2.75, 3.05) is 19.5 Å². The minimum absolute atomic E-state index is 0.0161. The average molecular weight is 510 g/mol. The molecular weight excluding hydrogens is 494 g/mol. The molecule has 0 fully saturated rings. The summed E-state index contributed by atoms with van der Waals surface area (Å²) in [6.45, 7) is 0.0161. The summed E-state index contributed by atoms with van der Waals surface area (Å²) in [6, 6.07) is 5.40. The number of hydrogen-bond acceptors (Lipinski definition) is 8. The van der Waals surface area contributed by atoms with Crippen molar-refractivity contribution in [2.24, 2.45) is 0 Å². The molecule has 0 aromatic carbocycles. The molecule has 0 aliphatic heterocycles. The Hall–Kier alpha value is -4.07.